The molecule has 5 rings (SSSR count). The minimum atomic E-state index is -0.171. The van der Waals surface area contributed by atoms with Crippen LogP contribution < -0.4 is 4.74 Å². The molecule has 1 saturated carbocycles. The van der Waals surface area contributed by atoms with Gasteiger partial charge >= 0.3 is 6.09 Å². The van der Waals surface area contributed by atoms with Crippen molar-refractivity contribution in [2.24, 2.45) is 11.8 Å². The molecule has 3 atom stereocenters. The van der Waals surface area contributed by atoms with Crippen molar-refractivity contribution in [3.8, 4) is 5.75 Å². The molecule has 0 N–H and O–H groups in total. The van der Waals surface area contributed by atoms with Gasteiger partial charge in [-0.15, -0.1) is 0 Å². The van der Waals surface area contributed by atoms with Crippen LogP contribution in [0.5, 0.6) is 5.75 Å². The van der Waals surface area contributed by atoms with Gasteiger partial charge in [-0.05, 0) is 81.6 Å². The van der Waals surface area contributed by atoms with Crippen LogP contribution >= 0.6 is 0 Å². The summed E-state index contributed by atoms with van der Waals surface area (Å²) in [6.45, 7) is 8.17. The Kier molecular flexibility index (Phi) is 5.61. The van der Waals surface area contributed by atoms with E-state index < -0.39 is 0 Å². The van der Waals surface area contributed by atoms with E-state index >= 15 is 0 Å². The molecular weight excluding hydrogens is 395 g/mol. The number of carbonyl (C=O) groups excluding carboxylic acids is 1. The maximum atomic E-state index is 13.9. The van der Waals surface area contributed by atoms with Crippen molar-refractivity contribution in [3.05, 3.63) is 29.6 Å². The first-order valence-electron chi connectivity index (χ1n) is 12.1. The number of ether oxygens (including phenoxy) is 2. The molecule has 0 radical (unpaired) electrons. The van der Waals surface area contributed by atoms with Gasteiger partial charge in [-0.2, -0.15) is 0 Å². The third-order valence-corrected chi connectivity index (χ3v) is 8.07. The molecule has 3 fully saturated rings. The summed E-state index contributed by atoms with van der Waals surface area (Å²) in [5.74, 6) is 1.64. The SMILES string of the molecule is CC(C)COC(=O)N1CCCC2CC(N3CCC4(CC3)COc3ccc(F)cc34)CC21. The van der Waals surface area contributed by atoms with Gasteiger partial charge in [-0.25, -0.2) is 9.18 Å². The molecule has 3 unspecified atom stereocenters. The van der Waals surface area contributed by atoms with Gasteiger partial charge in [0.2, 0.25) is 0 Å². The Balaban J connectivity index is 1.22. The first-order chi connectivity index (χ1) is 14.9. The molecule has 0 aromatic heterocycles. The summed E-state index contributed by atoms with van der Waals surface area (Å²) in [4.78, 5) is 17.3. The number of fused-ring (bicyclic) bond motifs is 3. The molecule has 2 saturated heterocycles. The number of hydrogen-bond donors (Lipinski definition) is 0. The lowest BCUT2D eigenvalue weighted by molar-refractivity contribution is 0.0536. The third kappa shape index (κ3) is 3.92. The van der Waals surface area contributed by atoms with Crippen LogP contribution in [0.25, 0.3) is 0 Å². The van der Waals surface area contributed by atoms with Crippen LogP contribution in [0.4, 0.5) is 9.18 Å². The Hall–Kier alpha value is -1.82. The highest BCUT2D eigenvalue weighted by molar-refractivity contribution is 5.68. The monoisotopic (exact) mass is 430 g/mol. The average Bonchev–Trinajstić information content (AvgIpc) is 3.35. The minimum absolute atomic E-state index is 0.0357. The molecule has 5 nitrogen and oxygen atoms in total. The zero-order chi connectivity index (χ0) is 21.6. The lowest BCUT2D eigenvalue weighted by atomic mass is 9.74. The maximum Gasteiger partial charge on any atom is 0.410 e. The Morgan fingerprint density at radius 1 is 1.26 bits per heavy atom. The van der Waals surface area contributed by atoms with Gasteiger partial charge < -0.3 is 19.3 Å². The summed E-state index contributed by atoms with van der Waals surface area (Å²) in [6.07, 6.45) is 6.42. The Labute approximate surface area is 184 Å². The number of hydrogen-bond acceptors (Lipinski definition) is 4. The number of piperidine rings is 2. The molecule has 1 spiro atoms. The van der Waals surface area contributed by atoms with E-state index in [1.807, 2.05) is 4.90 Å². The molecule has 3 heterocycles. The van der Waals surface area contributed by atoms with Crippen LogP contribution in [0.1, 0.15) is 57.9 Å². The van der Waals surface area contributed by atoms with Crippen molar-refractivity contribution >= 4 is 6.09 Å². The summed E-state index contributed by atoms with van der Waals surface area (Å²) in [6, 6.07) is 5.80. The molecule has 3 aliphatic heterocycles. The number of halogens is 1. The van der Waals surface area contributed by atoms with E-state index in [0.29, 0.717) is 37.1 Å². The summed E-state index contributed by atoms with van der Waals surface area (Å²) in [5, 5.41) is 0. The van der Waals surface area contributed by atoms with Crippen molar-refractivity contribution in [2.45, 2.75) is 69.9 Å². The first-order valence-corrected chi connectivity index (χ1v) is 12.1. The molecule has 1 aromatic rings. The lowest BCUT2D eigenvalue weighted by Crippen LogP contribution is -2.48. The highest BCUT2D eigenvalue weighted by Gasteiger charge is 2.48. The fraction of sp³-hybridized carbons (Fsp3) is 0.720. The number of likely N-dealkylation sites (tertiary alicyclic amines) is 2. The zero-order valence-electron chi connectivity index (χ0n) is 18.8. The van der Waals surface area contributed by atoms with Gasteiger partial charge in [0.25, 0.3) is 0 Å². The van der Waals surface area contributed by atoms with Crippen molar-refractivity contribution in [3.63, 3.8) is 0 Å². The Bertz CT molecular complexity index is 821. The molecule has 31 heavy (non-hydrogen) atoms. The topological polar surface area (TPSA) is 42.0 Å². The highest BCUT2D eigenvalue weighted by atomic mass is 19.1. The highest BCUT2D eigenvalue weighted by Crippen LogP contribution is 2.47. The number of rotatable bonds is 3. The maximum absolute atomic E-state index is 13.9. The molecule has 1 aromatic carbocycles. The van der Waals surface area contributed by atoms with Gasteiger partial charge in [-0.3, -0.25) is 0 Å². The van der Waals surface area contributed by atoms with E-state index in [1.165, 1.54) is 18.9 Å². The first kappa shape index (κ1) is 21.0. The van der Waals surface area contributed by atoms with Crippen LogP contribution in [-0.2, 0) is 10.2 Å². The summed E-state index contributed by atoms with van der Waals surface area (Å²) in [7, 11) is 0. The van der Waals surface area contributed by atoms with E-state index in [9.17, 15) is 9.18 Å². The van der Waals surface area contributed by atoms with Crippen LogP contribution in [0.2, 0.25) is 0 Å². The molecule has 6 heteroatoms. The lowest BCUT2D eigenvalue weighted by Gasteiger charge is -2.41. The fourth-order valence-electron chi connectivity index (χ4n) is 6.37. The normalized spacial score (nSPS) is 29.7. The Morgan fingerprint density at radius 2 is 2.06 bits per heavy atom. The van der Waals surface area contributed by atoms with Gasteiger partial charge in [0.05, 0.1) is 13.2 Å². The summed E-state index contributed by atoms with van der Waals surface area (Å²) < 4.78 is 25.4. The van der Waals surface area contributed by atoms with Crippen molar-refractivity contribution in [2.75, 3.05) is 32.8 Å². The number of nitrogens with zero attached hydrogens (tertiary/aromatic N) is 2. The molecule has 1 aliphatic carbocycles. The van der Waals surface area contributed by atoms with Gasteiger partial charge in [0, 0.05) is 29.6 Å². The summed E-state index contributed by atoms with van der Waals surface area (Å²) >= 11 is 0. The van der Waals surface area contributed by atoms with Crippen LogP contribution in [0, 0.1) is 17.7 Å². The van der Waals surface area contributed by atoms with Crippen LogP contribution in [0.3, 0.4) is 0 Å². The predicted octanol–water partition coefficient (Wildman–Crippen LogP) is 4.59. The minimum Gasteiger partial charge on any atom is -0.492 e. The second-order valence-corrected chi connectivity index (χ2v) is 10.5. The molecule has 1 amide bonds. The van der Waals surface area contributed by atoms with Crippen LogP contribution in [0.15, 0.2) is 18.2 Å². The second kappa shape index (κ2) is 8.27. The van der Waals surface area contributed by atoms with E-state index in [0.717, 1.165) is 56.6 Å². The number of carbonyl (C=O) groups is 1. The number of benzene rings is 1. The Morgan fingerprint density at radius 3 is 2.84 bits per heavy atom. The van der Waals surface area contributed by atoms with Crippen LogP contribution in [-0.4, -0.2) is 60.8 Å². The molecular formula is C25H35FN2O3. The number of amides is 1. The predicted molar refractivity (Wildman–Crippen MR) is 117 cm³/mol. The van der Waals surface area contributed by atoms with Crippen molar-refractivity contribution in [1.82, 2.24) is 9.80 Å². The third-order valence-electron chi connectivity index (χ3n) is 8.07. The van der Waals surface area contributed by atoms with Gasteiger partial charge in [0.1, 0.15) is 11.6 Å². The quantitative estimate of drug-likeness (QED) is 0.704. The van der Waals surface area contributed by atoms with Crippen molar-refractivity contribution < 1.29 is 18.7 Å². The smallest absolute Gasteiger partial charge is 0.410 e. The van der Waals surface area contributed by atoms with Gasteiger partial charge in [-0.1, -0.05) is 13.8 Å². The van der Waals surface area contributed by atoms with E-state index in [-0.39, 0.29) is 17.3 Å². The molecule has 170 valence electrons. The fourth-order valence-corrected chi connectivity index (χ4v) is 6.37. The van der Waals surface area contributed by atoms with E-state index in [4.69, 9.17) is 9.47 Å². The second-order valence-electron chi connectivity index (χ2n) is 10.5. The van der Waals surface area contributed by atoms with E-state index in [1.54, 1.807) is 12.1 Å². The molecule has 0 bridgehead atoms. The van der Waals surface area contributed by atoms with E-state index in [2.05, 4.69) is 18.7 Å². The average molecular weight is 431 g/mol. The standard InChI is InChI=1S/C25H35FN2O3/c1-17(2)15-30-24(29)28-9-3-4-18-12-20(14-22(18)28)27-10-7-25(8-11-27)16-31-23-6-5-19(26)13-21(23)25/h5-6,13,17-18,20,22H,3-4,7-12,14-16H2,1-2H3. The zero-order valence-corrected chi connectivity index (χ0v) is 18.8. The molecule has 4 aliphatic rings. The van der Waals surface area contributed by atoms with Gasteiger partial charge in [0.15, 0.2) is 0 Å². The van der Waals surface area contributed by atoms with Crippen molar-refractivity contribution in [1.29, 1.82) is 0 Å². The largest absolute Gasteiger partial charge is 0.492 e. The summed E-state index contributed by atoms with van der Waals surface area (Å²) in [5.41, 5.74) is 1.03.